The molecule has 2 fully saturated rings. The van der Waals surface area contributed by atoms with Crippen LogP contribution in [0.2, 0.25) is 0 Å². The van der Waals surface area contributed by atoms with Gasteiger partial charge in [-0.3, -0.25) is 4.79 Å². The molecule has 18 heavy (non-hydrogen) atoms. The zero-order valence-corrected chi connectivity index (χ0v) is 12.2. The van der Waals surface area contributed by atoms with Gasteiger partial charge in [0.05, 0.1) is 0 Å². The maximum atomic E-state index is 11.9. The molecule has 0 aromatic carbocycles. The van der Waals surface area contributed by atoms with Crippen molar-refractivity contribution in [3.8, 4) is 0 Å². The van der Waals surface area contributed by atoms with Crippen LogP contribution in [-0.2, 0) is 4.79 Å². The second kappa shape index (κ2) is 8.00. The molecule has 1 aliphatic heterocycles. The summed E-state index contributed by atoms with van der Waals surface area (Å²) in [5.74, 6) is 1.55. The number of amides is 1. The number of piperidine rings is 1. The molecule has 106 valence electrons. The van der Waals surface area contributed by atoms with E-state index < -0.39 is 0 Å². The van der Waals surface area contributed by atoms with Gasteiger partial charge < -0.3 is 10.6 Å². The standard InChI is InChI=1S/C14H26N2O.ClH/c1-11(13-7-4-8-15-10-13)16-14(17)9-12-5-2-3-6-12;/h11-13,15H,2-10H2,1H3,(H,16,17);1H. The summed E-state index contributed by atoms with van der Waals surface area (Å²) in [6.45, 7) is 4.36. The predicted octanol–water partition coefficient (Wildman–Crippen LogP) is 2.49. The molecule has 1 saturated carbocycles. The Morgan fingerprint density at radius 1 is 1.28 bits per heavy atom. The first kappa shape index (κ1) is 15.8. The summed E-state index contributed by atoms with van der Waals surface area (Å²) in [6.07, 6.45) is 8.40. The van der Waals surface area contributed by atoms with E-state index in [0.29, 0.717) is 17.9 Å². The molecule has 2 N–H and O–H groups in total. The zero-order chi connectivity index (χ0) is 12.1. The largest absolute Gasteiger partial charge is 0.353 e. The number of hydrogen-bond acceptors (Lipinski definition) is 2. The number of halogens is 1. The van der Waals surface area contributed by atoms with Crippen molar-refractivity contribution in [2.24, 2.45) is 11.8 Å². The van der Waals surface area contributed by atoms with Crippen molar-refractivity contribution in [2.75, 3.05) is 13.1 Å². The van der Waals surface area contributed by atoms with Crippen molar-refractivity contribution < 1.29 is 4.79 Å². The number of carbonyl (C=O) groups excluding carboxylic acids is 1. The number of hydrogen-bond donors (Lipinski definition) is 2. The van der Waals surface area contributed by atoms with Crippen molar-refractivity contribution in [1.82, 2.24) is 10.6 Å². The van der Waals surface area contributed by atoms with Gasteiger partial charge in [-0.05, 0) is 57.5 Å². The van der Waals surface area contributed by atoms with Crippen LogP contribution in [0, 0.1) is 11.8 Å². The monoisotopic (exact) mass is 274 g/mol. The fourth-order valence-electron chi connectivity index (χ4n) is 3.21. The molecule has 2 atom stereocenters. The molecule has 1 heterocycles. The lowest BCUT2D eigenvalue weighted by molar-refractivity contribution is -0.123. The van der Waals surface area contributed by atoms with Crippen molar-refractivity contribution in [1.29, 1.82) is 0 Å². The van der Waals surface area contributed by atoms with Crippen LogP contribution in [0.4, 0.5) is 0 Å². The Balaban J connectivity index is 0.00000162. The second-order valence-corrected chi connectivity index (χ2v) is 5.82. The van der Waals surface area contributed by atoms with Crippen LogP contribution in [0.25, 0.3) is 0 Å². The van der Waals surface area contributed by atoms with Crippen LogP contribution >= 0.6 is 12.4 Å². The lowest BCUT2D eigenvalue weighted by atomic mass is 9.92. The summed E-state index contributed by atoms with van der Waals surface area (Å²) in [4.78, 5) is 11.9. The maximum Gasteiger partial charge on any atom is 0.220 e. The minimum atomic E-state index is 0. The van der Waals surface area contributed by atoms with E-state index >= 15 is 0 Å². The molecule has 0 radical (unpaired) electrons. The van der Waals surface area contributed by atoms with E-state index in [1.54, 1.807) is 0 Å². The van der Waals surface area contributed by atoms with E-state index in [0.717, 1.165) is 19.5 Å². The van der Waals surface area contributed by atoms with Gasteiger partial charge in [0, 0.05) is 12.5 Å². The van der Waals surface area contributed by atoms with Crippen LogP contribution in [0.15, 0.2) is 0 Å². The number of nitrogens with one attached hydrogen (secondary N) is 2. The van der Waals surface area contributed by atoms with E-state index in [9.17, 15) is 4.79 Å². The normalized spacial score (nSPS) is 26.4. The van der Waals surface area contributed by atoms with E-state index in [2.05, 4.69) is 17.6 Å². The minimum absolute atomic E-state index is 0. The topological polar surface area (TPSA) is 41.1 Å². The maximum absolute atomic E-state index is 11.9. The van der Waals surface area contributed by atoms with Crippen LogP contribution < -0.4 is 10.6 Å². The molecule has 3 nitrogen and oxygen atoms in total. The number of carbonyl (C=O) groups is 1. The highest BCUT2D eigenvalue weighted by atomic mass is 35.5. The molecule has 1 saturated heterocycles. The molecule has 0 aromatic rings. The van der Waals surface area contributed by atoms with Crippen molar-refractivity contribution >= 4 is 18.3 Å². The first-order valence-corrected chi connectivity index (χ1v) is 7.26. The Morgan fingerprint density at radius 2 is 2.00 bits per heavy atom. The fraction of sp³-hybridized carbons (Fsp3) is 0.929. The molecular weight excluding hydrogens is 248 g/mol. The smallest absolute Gasteiger partial charge is 0.220 e. The minimum Gasteiger partial charge on any atom is -0.353 e. The summed E-state index contributed by atoms with van der Waals surface area (Å²) < 4.78 is 0. The SMILES string of the molecule is CC(NC(=O)CC1CCCC1)C1CCCNC1.Cl. The van der Waals surface area contributed by atoms with E-state index in [-0.39, 0.29) is 18.3 Å². The van der Waals surface area contributed by atoms with Crippen LogP contribution in [0.5, 0.6) is 0 Å². The summed E-state index contributed by atoms with van der Waals surface area (Å²) in [7, 11) is 0. The summed E-state index contributed by atoms with van der Waals surface area (Å²) in [6, 6.07) is 0.330. The van der Waals surface area contributed by atoms with E-state index in [1.165, 1.54) is 38.5 Å². The third kappa shape index (κ3) is 4.77. The lowest BCUT2D eigenvalue weighted by Crippen LogP contribution is -2.44. The average Bonchev–Trinajstić information content (AvgIpc) is 2.82. The lowest BCUT2D eigenvalue weighted by Gasteiger charge is -2.29. The average molecular weight is 275 g/mol. The van der Waals surface area contributed by atoms with E-state index in [4.69, 9.17) is 0 Å². The van der Waals surface area contributed by atoms with Gasteiger partial charge in [-0.15, -0.1) is 12.4 Å². The van der Waals surface area contributed by atoms with Gasteiger partial charge in [-0.25, -0.2) is 0 Å². The quantitative estimate of drug-likeness (QED) is 0.827. The third-order valence-corrected chi connectivity index (χ3v) is 4.38. The van der Waals surface area contributed by atoms with Gasteiger partial charge in [0.15, 0.2) is 0 Å². The van der Waals surface area contributed by atoms with Gasteiger partial charge in [-0.1, -0.05) is 12.8 Å². The molecule has 0 spiro atoms. The molecule has 2 unspecified atom stereocenters. The van der Waals surface area contributed by atoms with Gasteiger partial charge in [0.1, 0.15) is 0 Å². The highest BCUT2D eigenvalue weighted by Gasteiger charge is 2.23. The molecule has 4 heteroatoms. The van der Waals surface area contributed by atoms with Crippen molar-refractivity contribution in [2.45, 2.75) is 57.9 Å². The Labute approximate surface area is 117 Å². The highest BCUT2D eigenvalue weighted by Crippen LogP contribution is 2.27. The van der Waals surface area contributed by atoms with Gasteiger partial charge in [0.2, 0.25) is 5.91 Å². The molecule has 1 amide bonds. The van der Waals surface area contributed by atoms with E-state index in [1.807, 2.05) is 0 Å². The van der Waals surface area contributed by atoms with Gasteiger partial charge in [0.25, 0.3) is 0 Å². The third-order valence-electron chi connectivity index (χ3n) is 4.38. The molecule has 1 aliphatic carbocycles. The molecule has 0 aromatic heterocycles. The fourth-order valence-corrected chi connectivity index (χ4v) is 3.21. The van der Waals surface area contributed by atoms with Crippen molar-refractivity contribution in [3.63, 3.8) is 0 Å². The highest BCUT2D eigenvalue weighted by molar-refractivity contribution is 5.85. The summed E-state index contributed by atoms with van der Waals surface area (Å²) in [5.41, 5.74) is 0. The predicted molar refractivity (Wildman–Crippen MR) is 77.0 cm³/mol. The van der Waals surface area contributed by atoms with Gasteiger partial charge in [-0.2, -0.15) is 0 Å². The molecule has 0 bridgehead atoms. The summed E-state index contributed by atoms with van der Waals surface area (Å²) >= 11 is 0. The van der Waals surface area contributed by atoms with Crippen LogP contribution in [0.3, 0.4) is 0 Å². The molecule has 2 rings (SSSR count). The Morgan fingerprint density at radius 3 is 2.61 bits per heavy atom. The first-order chi connectivity index (χ1) is 8.25. The molecule has 2 aliphatic rings. The first-order valence-electron chi connectivity index (χ1n) is 7.26. The summed E-state index contributed by atoms with van der Waals surface area (Å²) in [5, 5.41) is 6.61. The Bertz CT molecular complexity index is 248. The van der Waals surface area contributed by atoms with Crippen molar-refractivity contribution in [3.05, 3.63) is 0 Å². The van der Waals surface area contributed by atoms with Crippen LogP contribution in [0.1, 0.15) is 51.9 Å². The Hall–Kier alpha value is -0.280. The molecular formula is C14H27ClN2O. The zero-order valence-electron chi connectivity index (χ0n) is 11.4. The van der Waals surface area contributed by atoms with Crippen LogP contribution in [-0.4, -0.2) is 25.0 Å². The number of rotatable bonds is 4. The Kier molecular flexibility index (Phi) is 7.02. The van der Waals surface area contributed by atoms with Gasteiger partial charge >= 0.3 is 0 Å². The second-order valence-electron chi connectivity index (χ2n) is 5.82.